The van der Waals surface area contributed by atoms with Gasteiger partial charge >= 0.3 is 12.2 Å². The van der Waals surface area contributed by atoms with E-state index in [1.165, 1.54) is 19.8 Å². The Labute approximate surface area is 252 Å². The van der Waals surface area contributed by atoms with Crippen LogP contribution in [0.5, 0.6) is 0 Å². The van der Waals surface area contributed by atoms with E-state index in [0.717, 1.165) is 60.1 Å². The van der Waals surface area contributed by atoms with Crippen LogP contribution in [0.15, 0.2) is 6.07 Å². The number of nitrogens with zero attached hydrogens (tertiary/aromatic N) is 7. The second-order valence-electron chi connectivity index (χ2n) is 11.3. The molecule has 0 N–H and O–H groups in total. The third kappa shape index (κ3) is 6.57. The van der Waals surface area contributed by atoms with Crippen molar-refractivity contribution in [3.8, 4) is 0 Å². The van der Waals surface area contributed by atoms with Crippen LogP contribution in [-0.4, -0.2) is 90.2 Å². The number of rotatable bonds is 4. The number of pyridine rings is 1. The number of hydrogen-bond donors (Lipinski definition) is 0. The fourth-order valence-electron chi connectivity index (χ4n) is 6.28. The van der Waals surface area contributed by atoms with Gasteiger partial charge in [-0.2, -0.15) is 5.10 Å². The van der Waals surface area contributed by atoms with E-state index in [2.05, 4.69) is 67.7 Å². The fourth-order valence-corrected chi connectivity index (χ4v) is 6.28. The third-order valence-electron chi connectivity index (χ3n) is 8.54. The van der Waals surface area contributed by atoms with Crippen LogP contribution >= 0.6 is 0 Å². The number of aryl methyl sites for hydroxylation is 4. The highest BCUT2D eigenvalue weighted by atomic mass is 16.5. The van der Waals surface area contributed by atoms with Gasteiger partial charge in [-0.15, -0.1) is 0 Å². The lowest BCUT2D eigenvalue weighted by Gasteiger charge is -2.42. The molecule has 236 valence electrons. The molecule has 2 aromatic heterocycles. The Morgan fingerprint density at radius 1 is 0.905 bits per heavy atom. The van der Waals surface area contributed by atoms with Gasteiger partial charge in [-0.05, 0) is 86.3 Å². The van der Waals surface area contributed by atoms with Gasteiger partial charge in [-0.3, -0.25) is 29.3 Å². The molecule has 0 aliphatic carbocycles. The largest absolute Gasteiger partial charge is 0.452 e. The molecule has 0 radical (unpaired) electrons. The first-order valence-electron chi connectivity index (χ1n) is 14.5. The van der Waals surface area contributed by atoms with E-state index >= 15 is 0 Å². The molecule has 0 saturated heterocycles. The maximum absolute atomic E-state index is 12.2. The van der Waals surface area contributed by atoms with Crippen molar-refractivity contribution in [2.45, 2.75) is 92.9 Å². The molecule has 0 saturated carbocycles. The minimum Gasteiger partial charge on any atom is -0.452 e. The third-order valence-corrected chi connectivity index (χ3v) is 8.54. The molecule has 2 amide bonds. The van der Waals surface area contributed by atoms with E-state index in [4.69, 9.17) is 9.47 Å². The maximum Gasteiger partial charge on any atom is 0.415 e. The predicted molar refractivity (Wildman–Crippen MR) is 168 cm³/mol. The Kier molecular flexibility index (Phi) is 11.9. The summed E-state index contributed by atoms with van der Waals surface area (Å²) in [5.74, 6) is 0.860. The standard InChI is InChI=1S/C16H25N3O2.C14H24N4O2.CH4/c1-7-18(5)14-9-11(3)19(16(20)21-6)15-12(4)17-10(2)8-13(14)15;1-7-16(4)11-8-9(2)18(14(19)20-6)13-12(11)10(3)15-17(13)5;/h8,11,14H,7,9H2,1-6H3;9,11H,7-8H2,1-6H3;1H4. The minimum absolute atomic E-state index is 0. The van der Waals surface area contributed by atoms with Gasteiger partial charge in [0.05, 0.1) is 31.3 Å². The number of hydrogen-bond acceptors (Lipinski definition) is 8. The van der Waals surface area contributed by atoms with Gasteiger partial charge in [0.1, 0.15) is 5.82 Å². The first-order chi connectivity index (χ1) is 19.3. The van der Waals surface area contributed by atoms with Gasteiger partial charge in [0.2, 0.25) is 0 Å². The molecule has 4 rings (SSSR count). The van der Waals surface area contributed by atoms with Crippen LogP contribution in [0.4, 0.5) is 21.1 Å². The van der Waals surface area contributed by atoms with Crippen molar-refractivity contribution in [1.82, 2.24) is 24.6 Å². The van der Waals surface area contributed by atoms with Crippen molar-refractivity contribution >= 4 is 23.7 Å². The summed E-state index contributed by atoms with van der Waals surface area (Å²) in [5.41, 5.74) is 6.08. The summed E-state index contributed by atoms with van der Waals surface area (Å²) in [4.78, 5) is 36.9. The summed E-state index contributed by atoms with van der Waals surface area (Å²) in [7, 11) is 8.96. The van der Waals surface area contributed by atoms with Crippen LogP contribution in [-0.2, 0) is 16.5 Å². The highest BCUT2D eigenvalue weighted by Gasteiger charge is 2.40. The van der Waals surface area contributed by atoms with Gasteiger partial charge < -0.3 is 9.47 Å². The number of ether oxygens (including phenoxy) is 2. The molecule has 0 spiro atoms. The van der Waals surface area contributed by atoms with Gasteiger partial charge in [-0.1, -0.05) is 21.3 Å². The average Bonchev–Trinajstić information content (AvgIpc) is 3.24. The number of aromatic nitrogens is 3. The molecular weight excluding hydrogens is 534 g/mol. The first kappa shape index (κ1) is 35.0. The van der Waals surface area contributed by atoms with Gasteiger partial charge in [-0.25, -0.2) is 9.59 Å². The molecule has 11 nitrogen and oxygen atoms in total. The number of amides is 2. The van der Waals surface area contributed by atoms with Crippen molar-refractivity contribution in [3.05, 3.63) is 34.3 Å². The smallest absolute Gasteiger partial charge is 0.415 e. The highest BCUT2D eigenvalue weighted by molar-refractivity contribution is 5.91. The normalized spacial score (nSPS) is 21.2. The number of fused-ring (bicyclic) bond motifs is 2. The number of carbonyl (C=O) groups is 2. The molecule has 4 atom stereocenters. The zero-order valence-electron chi connectivity index (χ0n) is 27.0. The lowest BCUT2D eigenvalue weighted by Crippen LogP contribution is -2.46. The van der Waals surface area contributed by atoms with Crippen LogP contribution in [0.2, 0.25) is 0 Å². The quantitative estimate of drug-likeness (QED) is 0.444. The monoisotopic (exact) mass is 587 g/mol. The number of methoxy groups -OCH3 is 2. The fraction of sp³-hybridized carbons (Fsp3) is 0.677. The van der Waals surface area contributed by atoms with E-state index < -0.39 is 0 Å². The molecule has 42 heavy (non-hydrogen) atoms. The summed E-state index contributed by atoms with van der Waals surface area (Å²) in [6, 6.07) is 2.87. The van der Waals surface area contributed by atoms with Crippen molar-refractivity contribution < 1.29 is 19.1 Å². The van der Waals surface area contributed by atoms with Crippen LogP contribution in [0, 0.1) is 20.8 Å². The first-order valence-corrected chi connectivity index (χ1v) is 14.5. The Hall–Kier alpha value is -3.18. The van der Waals surface area contributed by atoms with Crippen LogP contribution in [0.1, 0.15) is 88.3 Å². The van der Waals surface area contributed by atoms with Crippen molar-refractivity contribution in [1.29, 1.82) is 0 Å². The summed E-state index contributed by atoms with van der Waals surface area (Å²) >= 11 is 0. The lowest BCUT2D eigenvalue weighted by molar-refractivity contribution is 0.167. The SMILES string of the molecule is C.CCN(C)C1CC(C)N(C(=O)OC)c2c1c(C)nn2C.CCN(C)C1CC(C)N(C(=O)OC)c2c1cc(C)nc2C. The molecule has 2 aliphatic rings. The molecule has 2 aliphatic heterocycles. The summed E-state index contributed by atoms with van der Waals surface area (Å²) in [5, 5.41) is 4.50. The summed E-state index contributed by atoms with van der Waals surface area (Å²) < 4.78 is 11.7. The molecule has 2 aromatic rings. The molecule has 0 fully saturated rings. The van der Waals surface area contributed by atoms with E-state index in [0.29, 0.717) is 12.1 Å². The highest BCUT2D eigenvalue weighted by Crippen LogP contribution is 2.43. The Morgan fingerprint density at radius 2 is 1.40 bits per heavy atom. The van der Waals surface area contributed by atoms with Crippen LogP contribution < -0.4 is 9.80 Å². The van der Waals surface area contributed by atoms with E-state index in [-0.39, 0.29) is 31.7 Å². The number of carbonyl (C=O) groups excluding carboxylic acids is 2. The van der Waals surface area contributed by atoms with E-state index in [1.54, 1.807) is 14.5 Å². The molecule has 4 unspecified atom stereocenters. The number of anilines is 2. The van der Waals surface area contributed by atoms with Crippen molar-refractivity contribution in [2.24, 2.45) is 7.05 Å². The predicted octanol–water partition coefficient (Wildman–Crippen LogP) is 5.78. The molecule has 4 heterocycles. The van der Waals surface area contributed by atoms with Crippen LogP contribution in [0.25, 0.3) is 0 Å². The second-order valence-corrected chi connectivity index (χ2v) is 11.3. The Bertz CT molecular complexity index is 1250. The molecule has 11 heteroatoms. The minimum atomic E-state index is -0.320. The van der Waals surface area contributed by atoms with Gasteiger partial charge in [0, 0.05) is 42.5 Å². The Balaban J connectivity index is 0.000000287. The van der Waals surface area contributed by atoms with Crippen molar-refractivity contribution in [3.63, 3.8) is 0 Å². The zero-order chi connectivity index (χ0) is 30.8. The lowest BCUT2D eigenvalue weighted by atomic mass is 9.90. The van der Waals surface area contributed by atoms with E-state index in [1.807, 2.05) is 27.8 Å². The zero-order valence-corrected chi connectivity index (χ0v) is 27.0. The topological polar surface area (TPSA) is 96.3 Å². The molecule has 0 aromatic carbocycles. The van der Waals surface area contributed by atoms with E-state index in [9.17, 15) is 9.59 Å². The molecular formula is C31H53N7O4. The maximum atomic E-state index is 12.2. The van der Waals surface area contributed by atoms with Gasteiger partial charge in [0.15, 0.2) is 0 Å². The summed E-state index contributed by atoms with van der Waals surface area (Å²) in [6.07, 6.45) is 1.16. The molecule has 0 bridgehead atoms. The van der Waals surface area contributed by atoms with Crippen LogP contribution in [0.3, 0.4) is 0 Å². The average molecular weight is 588 g/mol. The van der Waals surface area contributed by atoms with Gasteiger partial charge in [0.25, 0.3) is 0 Å². The van der Waals surface area contributed by atoms with Crippen molar-refractivity contribution in [2.75, 3.05) is 51.2 Å². The second kappa shape index (κ2) is 14.3. The Morgan fingerprint density at radius 3 is 1.95 bits per heavy atom. The summed E-state index contributed by atoms with van der Waals surface area (Å²) in [6.45, 7) is 16.3.